The number of benzene rings is 3. The van der Waals surface area contributed by atoms with Gasteiger partial charge in [-0.05, 0) is 74.8 Å². The van der Waals surface area contributed by atoms with Crippen LogP contribution in [0.2, 0.25) is 0 Å². The molecule has 1 saturated carbocycles. The maximum Gasteiger partial charge on any atom is 0.258 e. The summed E-state index contributed by atoms with van der Waals surface area (Å²) >= 11 is 0. The fourth-order valence-electron chi connectivity index (χ4n) is 6.10. The minimum atomic E-state index is -0.355. The molecular formula is C36H45N3O5. The summed E-state index contributed by atoms with van der Waals surface area (Å²) in [6.07, 6.45) is 4.93. The van der Waals surface area contributed by atoms with Crippen LogP contribution in [0, 0.1) is 11.8 Å². The smallest absolute Gasteiger partial charge is 0.258 e. The molecule has 0 aromatic heterocycles. The van der Waals surface area contributed by atoms with Crippen LogP contribution in [0.5, 0.6) is 17.2 Å². The molecular weight excluding hydrogens is 554 g/mol. The van der Waals surface area contributed by atoms with E-state index in [1.807, 2.05) is 55.5 Å². The number of para-hydroxylation sites is 1. The first-order valence-electron chi connectivity index (χ1n) is 15.8. The predicted molar refractivity (Wildman–Crippen MR) is 172 cm³/mol. The van der Waals surface area contributed by atoms with Gasteiger partial charge in [-0.15, -0.1) is 0 Å². The fourth-order valence-corrected chi connectivity index (χ4v) is 6.10. The highest BCUT2D eigenvalue weighted by atomic mass is 16.5. The molecule has 0 radical (unpaired) electrons. The Bertz CT molecular complexity index is 1390. The largest absolute Gasteiger partial charge is 0.488 e. The molecule has 3 aromatic carbocycles. The van der Waals surface area contributed by atoms with Crippen molar-refractivity contribution in [2.45, 2.75) is 64.6 Å². The first kappa shape index (κ1) is 31.5. The Morgan fingerprint density at radius 1 is 1.05 bits per heavy atom. The highest BCUT2D eigenvalue weighted by molar-refractivity contribution is 6.00. The molecule has 1 heterocycles. The summed E-state index contributed by atoms with van der Waals surface area (Å²) in [5.74, 6) is 1.91. The maximum atomic E-state index is 13.8. The van der Waals surface area contributed by atoms with Crippen molar-refractivity contribution in [2.24, 2.45) is 11.8 Å². The summed E-state index contributed by atoms with van der Waals surface area (Å²) < 4.78 is 12.5. The highest BCUT2D eigenvalue weighted by Gasteiger charge is 2.34. The van der Waals surface area contributed by atoms with Crippen molar-refractivity contribution in [3.05, 3.63) is 83.9 Å². The summed E-state index contributed by atoms with van der Waals surface area (Å²) in [6.45, 7) is 5.60. The summed E-state index contributed by atoms with van der Waals surface area (Å²) in [6, 6.07) is 22.8. The van der Waals surface area contributed by atoms with E-state index in [4.69, 9.17) is 9.47 Å². The van der Waals surface area contributed by atoms with Crippen molar-refractivity contribution < 1.29 is 24.2 Å². The number of amides is 2. The van der Waals surface area contributed by atoms with Crippen LogP contribution < -0.4 is 14.8 Å². The second kappa shape index (κ2) is 14.7. The van der Waals surface area contributed by atoms with E-state index in [1.165, 1.54) is 6.42 Å². The zero-order chi connectivity index (χ0) is 31.1. The van der Waals surface area contributed by atoms with Gasteiger partial charge >= 0.3 is 0 Å². The van der Waals surface area contributed by atoms with Crippen LogP contribution in [-0.4, -0.2) is 65.6 Å². The number of ether oxygens (including phenoxy) is 2. The van der Waals surface area contributed by atoms with E-state index in [-0.39, 0.29) is 42.4 Å². The van der Waals surface area contributed by atoms with Gasteiger partial charge in [0.2, 0.25) is 5.91 Å². The summed E-state index contributed by atoms with van der Waals surface area (Å²) in [5, 5.41) is 13.0. The van der Waals surface area contributed by atoms with E-state index in [1.54, 1.807) is 17.0 Å². The van der Waals surface area contributed by atoms with Gasteiger partial charge < -0.3 is 24.8 Å². The van der Waals surface area contributed by atoms with Crippen LogP contribution in [0.1, 0.15) is 61.9 Å². The van der Waals surface area contributed by atoms with Gasteiger partial charge in [0.1, 0.15) is 23.4 Å². The number of aliphatic hydroxyl groups excluding tert-OH is 1. The van der Waals surface area contributed by atoms with E-state index in [0.29, 0.717) is 36.6 Å². The molecule has 1 aliphatic heterocycles. The minimum Gasteiger partial charge on any atom is -0.488 e. The van der Waals surface area contributed by atoms with Gasteiger partial charge in [0.15, 0.2) is 0 Å². The topological polar surface area (TPSA) is 91.3 Å². The van der Waals surface area contributed by atoms with Gasteiger partial charge in [0, 0.05) is 37.2 Å². The lowest BCUT2D eigenvalue weighted by molar-refractivity contribution is -0.120. The van der Waals surface area contributed by atoms with Crippen LogP contribution in [0.15, 0.2) is 72.8 Å². The number of nitrogens with one attached hydrogen (secondary N) is 1. The molecule has 2 aliphatic rings. The van der Waals surface area contributed by atoms with E-state index in [2.05, 4.69) is 36.3 Å². The molecule has 2 amide bonds. The first-order valence-corrected chi connectivity index (χ1v) is 15.8. The van der Waals surface area contributed by atoms with E-state index < -0.39 is 0 Å². The quantitative estimate of drug-likeness (QED) is 0.282. The fraction of sp³-hybridized carbons (Fsp3) is 0.444. The molecule has 3 atom stereocenters. The molecule has 1 aliphatic carbocycles. The summed E-state index contributed by atoms with van der Waals surface area (Å²) in [7, 11) is 2.06. The van der Waals surface area contributed by atoms with Gasteiger partial charge in [-0.1, -0.05) is 56.5 Å². The lowest BCUT2D eigenvalue weighted by Gasteiger charge is -2.38. The maximum absolute atomic E-state index is 13.8. The van der Waals surface area contributed by atoms with Crippen molar-refractivity contribution in [1.29, 1.82) is 0 Å². The van der Waals surface area contributed by atoms with Crippen molar-refractivity contribution in [3.63, 3.8) is 0 Å². The Hall–Kier alpha value is -3.88. The third-order valence-corrected chi connectivity index (χ3v) is 8.75. The minimum absolute atomic E-state index is 0.0101. The number of carbonyl (C=O) groups is 2. The number of nitrogens with zero attached hydrogens (tertiary/aromatic N) is 2. The number of fused-ring (bicyclic) bond motifs is 1. The molecule has 0 unspecified atom stereocenters. The third-order valence-electron chi connectivity index (χ3n) is 8.75. The molecule has 0 saturated heterocycles. The second-order valence-electron chi connectivity index (χ2n) is 12.4. The highest BCUT2D eigenvalue weighted by Crippen LogP contribution is 2.32. The summed E-state index contributed by atoms with van der Waals surface area (Å²) in [4.78, 5) is 30.7. The average Bonchev–Trinajstić information content (AvgIpc) is 3.04. The number of rotatable bonds is 10. The molecule has 1 fully saturated rings. The monoisotopic (exact) mass is 599 g/mol. The number of carbonyl (C=O) groups excluding carboxylic acids is 2. The molecule has 8 nitrogen and oxygen atoms in total. The van der Waals surface area contributed by atoms with E-state index in [9.17, 15) is 14.7 Å². The lowest BCUT2D eigenvalue weighted by Crippen LogP contribution is -2.49. The Kier molecular flexibility index (Phi) is 10.6. The molecule has 0 bridgehead atoms. The third kappa shape index (κ3) is 7.98. The molecule has 234 valence electrons. The molecule has 3 aromatic rings. The van der Waals surface area contributed by atoms with Crippen molar-refractivity contribution in [3.8, 4) is 17.2 Å². The zero-order valence-electron chi connectivity index (χ0n) is 26.1. The standard InChI is InChI=1S/C36H45N3O5/c1-25-21-39(26(2)24-40)36(42)32-20-29(37-35(41)28-10-6-4-7-11-28)16-19-33(32)44-34(25)23-38(3)22-27-14-17-31(18-15-27)43-30-12-8-5-9-13-30/h5,8-9,12-20,25-26,28,34,40H,4,6-7,10-11,21-24H2,1-3H3,(H,37,41)/t25-,26+,34-/m0/s1. The Balaban J connectivity index is 1.29. The zero-order valence-corrected chi connectivity index (χ0v) is 26.1. The van der Waals surface area contributed by atoms with Gasteiger partial charge in [-0.2, -0.15) is 0 Å². The van der Waals surface area contributed by atoms with Crippen molar-refractivity contribution >= 4 is 17.5 Å². The van der Waals surface area contributed by atoms with Crippen LogP contribution in [0.3, 0.4) is 0 Å². The molecule has 2 N–H and O–H groups in total. The average molecular weight is 600 g/mol. The van der Waals surface area contributed by atoms with Gasteiger partial charge in [-0.25, -0.2) is 0 Å². The van der Waals surface area contributed by atoms with Crippen LogP contribution in [0.25, 0.3) is 0 Å². The van der Waals surface area contributed by atoms with Crippen molar-refractivity contribution in [1.82, 2.24) is 9.80 Å². The lowest BCUT2D eigenvalue weighted by atomic mass is 9.88. The Labute approximate surface area is 261 Å². The van der Waals surface area contributed by atoms with Crippen molar-refractivity contribution in [2.75, 3.05) is 32.1 Å². The van der Waals surface area contributed by atoms with Gasteiger partial charge in [0.05, 0.1) is 18.2 Å². The van der Waals surface area contributed by atoms with Crippen LogP contribution in [0.4, 0.5) is 5.69 Å². The Morgan fingerprint density at radius 2 is 1.75 bits per heavy atom. The number of likely N-dealkylation sites (N-methyl/N-ethyl adjacent to an activating group) is 1. The molecule has 5 rings (SSSR count). The molecule has 44 heavy (non-hydrogen) atoms. The van der Waals surface area contributed by atoms with Crippen LogP contribution in [-0.2, 0) is 11.3 Å². The number of aliphatic hydroxyl groups is 1. The predicted octanol–water partition coefficient (Wildman–Crippen LogP) is 6.35. The number of hydrogen-bond acceptors (Lipinski definition) is 6. The first-order chi connectivity index (χ1) is 21.3. The van der Waals surface area contributed by atoms with E-state index in [0.717, 1.165) is 42.7 Å². The van der Waals surface area contributed by atoms with E-state index >= 15 is 0 Å². The van der Waals surface area contributed by atoms with Crippen LogP contribution >= 0.6 is 0 Å². The number of anilines is 1. The second-order valence-corrected chi connectivity index (χ2v) is 12.4. The normalized spacial score (nSPS) is 19.8. The SMILES string of the molecule is C[C@H](CO)N1C[C@H](C)[C@H](CN(C)Cc2ccc(Oc3ccccc3)cc2)Oc2ccc(NC(=O)C3CCCCC3)cc2C1=O. The summed E-state index contributed by atoms with van der Waals surface area (Å²) in [5.41, 5.74) is 2.14. The molecule has 8 heteroatoms. The van der Waals surface area contributed by atoms with Gasteiger partial charge in [-0.3, -0.25) is 14.5 Å². The molecule has 0 spiro atoms. The Morgan fingerprint density at radius 3 is 2.45 bits per heavy atom. The van der Waals surface area contributed by atoms with Gasteiger partial charge in [0.25, 0.3) is 5.91 Å². The number of hydrogen-bond donors (Lipinski definition) is 2.